The van der Waals surface area contributed by atoms with Crippen LogP contribution in [0.4, 0.5) is 11.4 Å². The quantitative estimate of drug-likeness (QED) is 0.707. The van der Waals surface area contributed by atoms with Crippen LogP contribution in [-0.4, -0.2) is 53.5 Å². The molecule has 0 spiro atoms. The second kappa shape index (κ2) is 8.63. The zero-order valence-corrected chi connectivity index (χ0v) is 18.1. The average molecular weight is 418 g/mol. The summed E-state index contributed by atoms with van der Waals surface area (Å²) in [6, 6.07) is 15.5. The highest BCUT2D eigenvalue weighted by atomic mass is 16.2. The third kappa shape index (κ3) is 4.45. The van der Waals surface area contributed by atoms with Gasteiger partial charge < -0.3 is 19.7 Å². The summed E-state index contributed by atoms with van der Waals surface area (Å²) in [6.07, 6.45) is 2.58. The van der Waals surface area contributed by atoms with E-state index in [1.807, 2.05) is 78.6 Å². The summed E-state index contributed by atoms with van der Waals surface area (Å²) >= 11 is 0. The van der Waals surface area contributed by atoms with Crippen molar-refractivity contribution >= 4 is 23.2 Å². The highest BCUT2D eigenvalue weighted by molar-refractivity contribution is 5.94. The molecule has 1 aliphatic rings. The molecule has 0 bridgehead atoms. The number of carbonyl (C=O) groups excluding carboxylic acids is 2. The summed E-state index contributed by atoms with van der Waals surface area (Å²) in [5.41, 5.74) is 4.51. The highest BCUT2D eigenvalue weighted by Crippen LogP contribution is 2.26. The van der Waals surface area contributed by atoms with E-state index in [0.29, 0.717) is 31.6 Å². The molecule has 0 atom stereocenters. The molecular formula is C24H27N5O2. The molecule has 0 saturated carbocycles. The summed E-state index contributed by atoms with van der Waals surface area (Å²) in [5, 5.41) is 2.83. The first-order chi connectivity index (χ1) is 14.9. The Hall–Kier alpha value is -3.61. The Morgan fingerprint density at radius 2 is 1.81 bits per heavy atom. The van der Waals surface area contributed by atoms with Gasteiger partial charge in [-0.25, -0.2) is 4.98 Å². The molecular weight excluding hydrogens is 390 g/mol. The van der Waals surface area contributed by atoms with E-state index in [4.69, 9.17) is 0 Å². The van der Waals surface area contributed by atoms with Crippen molar-refractivity contribution in [3.05, 3.63) is 66.1 Å². The maximum absolute atomic E-state index is 13.1. The molecule has 3 aromatic rings. The predicted molar refractivity (Wildman–Crippen MR) is 122 cm³/mol. The van der Waals surface area contributed by atoms with Gasteiger partial charge in [-0.1, -0.05) is 12.1 Å². The van der Waals surface area contributed by atoms with Crippen molar-refractivity contribution in [2.45, 2.75) is 19.9 Å². The number of fused-ring (bicyclic) bond motifs is 1. The van der Waals surface area contributed by atoms with E-state index in [0.717, 1.165) is 28.5 Å². The highest BCUT2D eigenvalue weighted by Gasteiger charge is 2.22. The van der Waals surface area contributed by atoms with E-state index in [1.54, 1.807) is 0 Å². The standard InChI is InChI=1S/C24H27N5O2/c1-17(30)26-20-6-4-5-19(15-20)22-16-25-23-11-12-28(13-14-29(22)23)24(31)18-7-9-21(10-8-18)27(2)3/h4-10,15-16H,11-14H2,1-3H3,(H,26,30). The molecule has 0 fully saturated rings. The van der Waals surface area contributed by atoms with E-state index in [2.05, 4.69) is 14.9 Å². The number of aromatic nitrogens is 2. The van der Waals surface area contributed by atoms with E-state index in [-0.39, 0.29) is 11.8 Å². The lowest BCUT2D eigenvalue weighted by molar-refractivity contribution is -0.114. The smallest absolute Gasteiger partial charge is 0.253 e. The van der Waals surface area contributed by atoms with Crippen LogP contribution in [0.3, 0.4) is 0 Å². The molecule has 2 heterocycles. The first-order valence-electron chi connectivity index (χ1n) is 10.4. The molecule has 0 unspecified atom stereocenters. The zero-order chi connectivity index (χ0) is 22.0. The minimum atomic E-state index is -0.1000. The average Bonchev–Trinajstić information content (AvgIpc) is 3.04. The molecule has 160 valence electrons. The Balaban J connectivity index is 1.52. The van der Waals surface area contributed by atoms with Gasteiger partial charge in [0.2, 0.25) is 5.91 Å². The molecule has 0 aliphatic carbocycles. The summed E-state index contributed by atoms with van der Waals surface area (Å²) in [4.78, 5) is 33.0. The van der Waals surface area contributed by atoms with Gasteiger partial charge in [-0.05, 0) is 36.4 Å². The summed E-state index contributed by atoms with van der Waals surface area (Å²) in [5.74, 6) is 0.917. The van der Waals surface area contributed by atoms with Crippen molar-refractivity contribution in [3.8, 4) is 11.3 Å². The molecule has 1 aliphatic heterocycles. The van der Waals surface area contributed by atoms with Gasteiger partial charge in [-0.2, -0.15) is 0 Å². The number of nitrogens with one attached hydrogen (secondary N) is 1. The minimum absolute atomic E-state index is 0.0465. The molecule has 4 rings (SSSR count). The zero-order valence-electron chi connectivity index (χ0n) is 18.1. The van der Waals surface area contributed by atoms with Crippen LogP contribution in [0.25, 0.3) is 11.3 Å². The molecule has 2 aromatic carbocycles. The van der Waals surface area contributed by atoms with Crippen LogP contribution in [0.2, 0.25) is 0 Å². The predicted octanol–water partition coefficient (Wildman–Crippen LogP) is 3.27. The van der Waals surface area contributed by atoms with E-state index < -0.39 is 0 Å². The first-order valence-corrected chi connectivity index (χ1v) is 10.4. The maximum Gasteiger partial charge on any atom is 0.253 e. The Morgan fingerprint density at radius 3 is 2.52 bits per heavy atom. The monoisotopic (exact) mass is 417 g/mol. The fourth-order valence-corrected chi connectivity index (χ4v) is 3.91. The fourth-order valence-electron chi connectivity index (χ4n) is 3.91. The van der Waals surface area contributed by atoms with Gasteiger partial charge in [-0.15, -0.1) is 0 Å². The Morgan fingerprint density at radius 1 is 1.03 bits per heavy atom. The number of imidazole rings is 1. The van der Waals surface area contributed by atoms with Gasteiger partial charge in [0, 0.05) is 69.6 Å². The number of hydrogen-bond donors (Lipinski definition) is 1. The molecule has 7 nitrogen and oxygen atoms in total. The SMILES string of the molecule is CC(=O)Nc1cccc(-c2cnc3n2CCN(C(=O)c2ccc(N(C)C)cc2)CC3)c1. The van der Waals surface area contributed by atoms with Gasteiger partial charge >= 0.3 is 0 Å². The van der Waals surface area contributed by atoms with Crippen molar-refractivity contribution in [2.24, 2.45) is 0 Å². The van der Waals surface area contributed by atoms with E-state index in [1.165, 1.54) is 6.92 Å². The molecule has 1 aromatic heterocycles. The molecule has 0 radical (unpaired) electrons. The number of anilines is 2. The lowest BCUT2D eigenvalue weighted by Crippen LogP contribution is -2.33. The van der Waals surface area contributed by atoms with E-state index >= 15 is 0 Å². The van der Waals surface area contributed by atoms with Crippen LogP contribution in [0.5, 0.6) is 0 Å². The van der Waals surface area contributed by atoms with Crippen molar-refractivity contribution < 1.29 is 9.59 Å². The molecule has 0 saturated heterocycles. The van der Waals surface area contributed by atoms with Crippen LogP contribution in [-0.2, 0) is 17.8 Å². The normalized spacial score (nSPS) is 13.3. The Kier molecular flexibility index (Phi) is 5.75. The van der Waals surface area contributed by atoms with Crippen LogP contribution >= 0.6 is 0 Å². The topological polar surface area (TPSA) is 70.5 Å². The lowest BCUT2D eigenvalue weighted by atomic mass is 10.1. The molecule has 31 heavy (non-hydrogen) atoms. The largest absolute Gasteiger partial charge is 0.378 e. The van der Waals surface area contributed by atoms with Gasteiger partial charge in [-0.3, -0.25) is 9.59 Å². The number of amides is 2. The van der Waals surface area contributed by atoms with Crippen LogP contribution in [0.1, 0.15) is 23.1 Å². The van der Waals surface area contributed by atoms with Crippen molar-refractivity contribution in [1.82, 2.24) is 14.5 Å². The van der Waals surface area contributed by atoms with Gasteiger partial charge in [0.1, 0.15) is 5.82 Å². The van der Waals surface area contributed by atoms with Crippen LogP contribution in [0, 0.1) is 0 Å². The summed E-state index contributed by atoms with van der Waals surface area (Å²) in [6.45, 7) is 3.43. The second-order valence-electron chi connectivity index (χ2n) is 7.96. The number of carbonyl (C=O) groups is 2. The Bertz CT molecular complexity index is 1100. The number of nitrogens with zero attached hydrogens (tertiary/aromatic N) is 4. The second-order valence-corrected chi connectivity index (χ2v) is 7.96. The van der Waals surface area contributed by atoms with Gasteiger partial charge in [0.25, 0.3) is 5.91 Å². The van der Waals surface area contributed by atoms with Crippen LogP contribution in [0.15, 0.2) is 54.7 Å². The number of rotatable bonds is 4. The van der Waals surface area contributed by atoms with Crippen molar-refractivity contribution in [2.75, 3.05) is 37.4 Å². The lowest BCUT2D eigenvalue weighted by Gasteiger charge is -2.21. The summed E-state index contributed by atoms with van der Waals surface area (Å²) < 4.78 is 2.18. The van der Waals surface area contributed by atoms with Crippen molar-refractivity contribution in [1.29, 1.82) is 0 Å². The van der Waals surface area contributed by atoms with Gasteiger partial charge in [0.05, 0.1) is 11.9 Å². The Labute approximate surface area is 182 Å². The summed E-state index contributed by atoms with van der Waals surface area (Å²) in [7, 11) is 3.97. The third-order valence-electron chi connectivity index (χ3n) is 5.53. The van der Waals surface area contributed by atoms with Gasteiger partial charge in [0.15, 0.2) is 0 Å². The third-order valence-corrected chi connectivity index (χ3v) is 5.53. The molecule has 2 amide bonds. The van der Waals surface area contributed by atoms with Crippen LogP contribution < -0.4 is 10.2 Å². The van der Waals surface area contributed by atoms with E-state index in [9.17, 15) is 9.59 Å². The van der Waals surface area contributed by atoms with Crippen molar-refractivity contribution in [3.63, 3.8) is 0 Å². The minimum Gasteiger partial charge on any atom is -0.378 e. The first kappa shape index (κ1) is 20.7. The number of benzene rings is 2. The number of hydrogen-bond acceptors (Lipinski definition) is 4. The fraction of sp³-hybridized carbons (Fsp3) is 0.292. The maximum atomic E-state index is 13.1. The molecule has 7 heteroatoms. The molecule has 1 N–H and O–H groups in total.